The van der Waals surface area contributed by atoms with Crippen LogP contribution in [0.5, 0.6) is 11.5 Å². The molecule has 124 valence electrons. The van der Waals surface area contributed by atoms with Gasteiger partial charge < -0.3 is 14.2 Å². The summed E-state index contributed by atoms with van der Waals surface area (Å²) in [4.78, 5) is 23.8. The summed E-state index contributed by atoms with van der Waals surface area (Å²) in [6.45, 7) is 2.04. The highest BCUT2D eigenvalue weighted by atomic mass is 35.5. The van der Waals surface area contributed by atoms with Gasteiger partial charge in [0.15, 0.2) is 6.10 Å². The molecule has 0 spiro atoms. The van der Waals surface area contributed by atoms with Gasteiger partial charge in [-0.2, -0.15) is 0 Å². The molecule has 0 saturated heterocycles. The number of hydrogen-bond donors (Lipinski definition) is 0. The summed E-state index contributed by atoms with van der Waals surface area (Å²) < 4.78 is 15.8. The molecule has 0 aromatic heterocycles. The Bertz CT molecular complexity index is 769. The molecule has 1 aliphatic rings. The van der Waals surface area contributed by atoms with E-state index in [0.717, 1.165) is 5.56 Å². The van der Waals surface area contributed by atoms with Crippen molar-refractivity contribution in [2.24, 2.45) is 0 Å². The fraction of sp³-hybridized carbons (Fsp3) is 0.222. The van der Waals surface area contributed by atoms with Gasteiger partial charge in [0.25, 0.3) is 0 Å². The van der Waals surface area contributed by atoms with E-state index in [9.17, 15) is 9.59 Å². The molecule has 0 unspecified atom stereocenters. The van der Waals surface area contributed by atoms with E-state index in [1.165, 1.54) is 0 Å². The fourth-order valence-corrected chi connectivity index (χ4v) is 2.60. The van der Waals surface area contributed by atoms with Crippen molar-refractivity contribution in [2.75, 3.05) is 6.61 Å². The molecule has 2 aromatic rings. The quantitative estimate of drug-likeness (QED) is 0.627. The Morgan fingerprint density at radius 3 is 2.67 bits per heavy atom. The van der Waals surface area contributed by atoms with Gasteiger partial charge in [-0.05, 0) is 55.0 Å². The molecule has 0 aliphatic carbocycles. The monoisotopic (exact) mass is 346 g/mol. The average Bonchev–Trinajstić information content (AvgIpc) is 2.99. The van der Waals surface area contributed by atoms with E-state index in [-0.39, 0.29) is 0 Å². The number of carbonyl (C=O) groups is 2. The van der Waals surface area contributed by atoms with Crippen molar-refractivity contribution in [3.63, 3.8) is 0 Å². The lowest BCUT2D eigenvalue weighted by Gasteiger charge is -2.10. The summed E-state index contributed by atoms with van der Waals surface area (Å²) in [5, 5.41) is 0.598. The average molecular weight is 347 g/mol. The lowest BCUT2D eigenvalue weighted by Crippen LogP contribution is -2.29. The smallest absolute Gasteiger partial charge is 0.353 e. The number of hydrogen-bond acceptors (Lipinski definition) is 5. The van der Waals surface area contributed by atoms with E-state index in [1.807, 2.05) is 0 Å². The van der Waals surface area contributed by atoms with Crippen molar-refractivity contribution in [3.05, 3.63) is 58.6 Å². The van der Waals surface area contributed by atoms with E-state index in [2.05, 4.69) is 0 Å². The molecule has 0 saturated carbocycles. The maximum Gasteiger partial charge on any atom is 0.353 e. The summed E-state index contributed by atoms with van der Waals surface area (Å²) >= 11 is 5.93. The van der Waals surface area contributed by atoms with Crippen LogP contribution >= 0.6 is 11.6 Å². The van der Waals surface area contributed by atoms with E-state index in [4.69, 9.17) is 25.8 Å². The molecule has 0 fully saturated rings. The summed E-state index contributed by atoms with van der Waals surface area (Å²) in [7, 11) is 0. The van der Waals surface area contributed by atoms with E-state index >= 15 is 0 Å². The molecule has 0 amide bonds. The molecule has 24 heavy (non-hydrogen) atoms. The molecule has 1 aliphatic heterocycles. The minimum absolute atomic E-state index is 0.305. The molecule has 1 atom stereocenters. The maximum absolute atomic E-state index is 12.2. The molecule has 1 heterocycles. The van der Waals surface area contributed by atoms with Crippen LogP contribution < -0.4 is 9.47 Å². The second-order valence-electron chi connectivity index (χ2n) is 5.23. The SMILES string of the molecule is CCOC(=O)c1ccc(OC(=O)[C@@H]2Cc3cc(Cl)ccc3O2)cc1. The predicted molar refractivity (Wildman–Crippen MR) is 87.6 cm³/mol. The van der Waals surface area contributed by atoms with Crippen LogP contribution in [0.1, 0.15) is 22.8 Å². The second-order valence-corrected chi connectivity index (χ2v) is 5.67. The molecule has 2 aromatic carbocycles. The van der Waals surface area contributed by atoms with Crippen molar-refractivity contribution >= 4 is 23.5 Å². The van der Waals surface area contributed by atoms with Crippen LogP contribution in [-0.4, -0.2) is 24.6 Å². The van der Waals surface area contributed by atoms with Gasteiger partial charge in [-0.3, -0.25) is 0 Å². The Balaban J connectivity index is 1.63. The van der Waals surface area contributed by atoms with Gasteiger partial charge in [-0.15, -0.1) is 0 Å². The standard InChI is InChI=1S/C18H15ClO5/c1-2-22-17(20)11-3-6-14(7-4-11)23-18(21)16-10-12-9-13(19)5-8-15(12)24-16/h3-9,16H,2,10H2,1H3/t16-/m0/s1. The second kappa shape index (κ2) is 6.93. The Hall–Kier alpha value is -2.53. The maximum atomic E-state index is 12.2. The van der Waals surface area contributed by atoms with Crippen LogP contribution in [0.2, 0.25) is 5.02 Å². The number of fused-ring (bicyclic) bond motifs is 1. The zero-order chi connectivity index (χ0) is 17.1. The summed E-state index contributed by atoms with van der Waals surface area (Å²) in [5.74, 6) is 0.0673. The number of ether oxygens (including phenoxy) is 3. The zero-order valence-corrected chi connectivity index (χ0v) is 13.7. The zero-order valence-electron chi connectivity index (χ0n) is 13.0. The number of rotatable bonds is 4. The Kier molecular flexibility index (Phi) is 4.71. The van der Waals surface area contributed by atoms with Crippen molar-refractivity contribution < 1.29 is 23.8 Å². The first-order valence-electron chi connectivity index (χ1n) is 7.51. The van der Waals surface area contributed by atoms with Gasteiger partial charge in [0, 0.05) is 11.4 Å². The minimum Gasteiger partial charge on any atom is -0.478 e. The highest BCUT2D eigenvalue weighted by molar-refractivity contribution is 6.30. The van der Waals surface area contributed by atoms with Crippen LogP contribution in [-0.2, 0) is 16.0 Å². The molecule has 5 nitrogen and oxygen atoms in total. The third-order valence-corrected chi connectivity index (χ3v) is 3.78. The molecule has 0 N–H and O–H groups in total. The third-order valence-electron chi connectivity index (χ3n) is 3.54. The molecule has 3 rings (SSSR count). The number of carbonyl (C=O) groups excluding carboxylic acids is 2. The van der Waals surface area contributed by atoms with E-state index < -0.39 is 18.0 Å². The van der Waals surface area contributed by atoms with Crippen LogP contribution in [0.4, 0.5) is 0 Å². The third kappa shape index (κ3) is 3.51. The fourth-order valence-electron chi connectivity index (χ4n) is 2.40. The first-order valence-corrected chi connectivity index (χ1v) is 7.88. The van der Waals surface area contributed by atoms with Gasteiger partial charge in [0.05, 0.1) is 12.2 Å². The minimum atomic E-state index is -0.705. The molecule has 0 radical (unpaired) electrons. The van der Waals surface area contributed by atoms with Crippen molar-refractivity contribution in [1.29, 1.82) is 0 Å². The van der Waals surface area contributed by atoms with Gasteiger partial charge in [-0.1, -0.05) is 11.6 Å². The summed E-state index contributed by atoms with van der Waals surface area (Å²) in [6.07, 6.45) is -0.293. The summed E-state index contributed by atoms with van der Waals surface area (Å²) in [5.41, 5.74) is 1.28. The van der Waals surface area contributed by atoms with Crippen LogP contribution in [0.25, 0.3) is 0 Å². The molecular weight excluding hydrogens is 332 g/mol. The highest BCUT2D eigenvalue weighted by Crippen LogP contribution is 2.31. The lowest BCUT2D eigenvalue weighted by atomic mass is 10.1. The Morgan fingerprint density at radius 1 is 1.21 bits per heavy atom. The summed E-state index contributed by atoms with van der Waals surface area (Å²) in [6, 6.07) is 11.4. The first kappa shape index (κ1) is 16.3. The van der Waals surface area contributed by atoms with Crippen molar-refractivity contribution in [1.82, 2.24) is 0 Å². The Labute approximate surface area is 144 Å². The van der Waals surface area contributed by atoms with Gasteiger partial charge >= 0.3 is 11.9 Å². The van der Waals surface area contributed by atoms with Crippen molar-refractivity contribution in [3.8, 4) is 11.5 Å². The number of esters is 2. The molecule has 0 bridgehead atoms. The molecule has 6 heteroatoms. The van der Waals surface area contributed by atoms with E-state index in [1.54, 1.807) is 49.4 Å². The molecular formula is C18H15ClO5. The van der Waals surface area contributed by atoms with Crippen LogP contribution in [0.3, 0.4) is 0 Å². The first-order chi connectivity index (χ1) is 11.6. The topological polar surface area (TPSA) is 61.8 Å². The van der Waals surface area contributed by atoms with Crippen molar-refractivity contribution in [2.45, 2.75) is 19.4 Å². The van der Waals surface area contributed by atoms with Gasteiger partial charge in [0.2, 0.25) is 0 Å². The normalized spacial score (nSPS) is 15.3. The Morgan fingerprint density at radius 2 is 1.96 bits per heavy atom. The predicted octanol–water partition coefficient (Wildman–Crippen LogP) is 3.43. The largest absolute Gasteiger partial charge is 0.478 e. The van der Waals surface area contributed by atoms with E-state index in [0.29, 0.717) is 35.1 Å². The van der Waals surface area contributed by atoms with Gasteiger partial charge in [-0.25, -0.2) is 9.59 Å². The van der Waals surface area contributed by atoms with Gasteiger partial charge in [0.1, 0.15) is 11.5 Å². The van der Waals surface area contributed by atoms with Crippen LogP contribution in [0, 0.1) is 0 Å². The highest BCUT2D eigenvalue weighted by Gasteiger charge is 2.31. The van der Waals surface area contributed by atoms with Crippen LogP contribution in [0.15, 0.2) is 42.5 Å². The number of benzene rings is 2. The number of halogens is 1. The lowest BCUT2D eigenvalue weighted by molar-refractivity contribution is -0.141.